The molecule has 1 saturated carbocycles. The van der Waals surface area contributed by atoms with Gasteiger partial charge in [-0.25, -0.2) is 19.6 Å². The molecule has 1 aromatic heterocycles. The molecule has 1 saturated heterocycles. The van der Waals surface area contributed by atoms with Crippen LogP contribution in [0.1, 0.15) is 65.0 Å². The van der Waals surface area contributed by atoms with Gasteiger partial charge in [0.05, 0.1) is 24.7 Å². The van der Waals surface area contributed by atoms with E-state index in [-0.39, 0.29) is 19.1 Å². The monoisotopic (exact) mass is 554 g/mol. The Morgan fingerprint density at radius 3 is 2.62 bits per heavy atom. The topological polar surface area (TPSA) is 140 Å². The molecule has 2 unspecified atom stereocenters. The number of hydrogen-bond donors (Lipinski definition) is 2. The zero-order valence-electron chi connectivity index (χ0n) is 23.5. The van der Waals surface area contributed by atoms with E-state index in [9.17, 15) is 19.5 Å². The third kappa shape index (κ3) is 6.08. The fraction of sp³-hybridized carbons (Fsp3) is 0.621. The maximum atomic E-state index is 13.8. The Hall–Kier alpha value is -3.63. The molecule has 2 bridgehead atoms. The van der Waals surface area contributed by atoms with Gasteiger partial charge in [-0.2, -0.15) is 0 Å². The number of alkyl carbamates (subject to hydrolysis) is 1. The number of carbonyl (C=O) groups excluding carboxylic acids is 2. The van der Waals surface area contributed by atoms with Crippen LogP contribution in [0.5, 0.6) is 11.6 Å². The van der Waals surface area contributed by atoms with Gasteiger partial charge in [0.1, 0.15) is 35.7 Å². The number of aromatic nitrogens is 2. The van der Waals surface area contributed by atoms with Crippen molar-refractivity contribution in [2.75, 3.05) is 13.7 Å². The molecule has 3 aliphatic rings. The number of fused-ring (bicyclic) bond motifs is 5. The zero-order chi connectivity index (χ0) is 28.6. The van der Waals surface area contributed by atoms with E-state index in [0.717, 1.165) is 37.6 Å². The Kier molecular flexibility index (Phi) is 7.74. The first kappa shape index (κ1) is 27.9. The number of rotatable bonds is 2. The number of benzene rings is 1. The van der Waals surface area contributed by atoms with Crippen LogP contribution in [0, 0.1) is 11.3 Å². The fourth-order valence-corrected chi connectivity index (χ4v) is 5.60. The number of nitrogens with one attached hydrogen (secondary N) is 1. The predicted octanol–water partition coefficient (Wildman–Crippen LogP) is 3.72. The minimum Gasteiger partial charge on any atom is -0.497 e. The maximum absolute atomic E-state index is 13.8. The average Bonchev–Trinajstić information content (AvgIpc) is 3.48. The Bertz CT molecular complexity index is 1290. The third-order valence-electron chi connectivity index (χ3n) is 8.00. The molecule has 216 valence electrons. The van der Waals surface area contributed by atoms with E-state index in [2.05, 4.69) is 5.32 Å². The van der Waals surface area contributed by atoms with Gasteiger partial charge in [-0.15, -0.1) is 0 Å². The van der Waals surface area contributed by atoms with E-state index in [0.29, 0.717) is 35.2 Å². The first-order chi connectivity index (χ1) is 19.0. The number of carboxylic acid groups (broad SMARTS) is 1. The van der Waals surface area contributed by atoms with Gasteiger partial charge in [0.15, 0.2) is 0 Å². The lowest BCUT2D eigenvalue weighted by Crippen LogP contribution is -2.57. The van der Waals surface area contributed by atoms with E-state index < -0.39 is 41.6 Å². The summed E-state index contributed by atoms with van der Waals surface area (Å²) in [5.74, 6) is -0.301. The lowest BCUT2D eigenvalue weighted by atomic mass is 9.85. The number of aliphatic carboxylic acids is 1. The summed E-state index contributed by atoms with van der Waals surface area (Å²) in [6.07, 6.45) is 3.97. The summed E-state index contributed by atoms with van der Waals surface area (Å²) in [6, 6.07) is 3.40. The van der Waals surface area contributed by atoms with Crippen molar-refractivity contribution in [2.45, 2.75) is 90.0 Å². The smallest absolute Gasteiger partial charge is 0.408 e. The molecule has 3 heterocycles. The van der Waals surface area contributed by atoms with Crippen LogP contribution in [0.25, 0.3) is 11.0 Å². The molecule has 0 radical (unpaired) electrons. The quantitative estimate of drug-likeness (QED) is 0.568. The number of methoxy groups -OCH3 is 1. The summed E-state index contributed by atoms with van der Waals surface area (Å²) in [7, 11) is 1.58. The highest BCUT2D eigenvalue weighted by Crippen LogP contribution is 2.39. The van der Waals surface area contributed by atoms with Gasteiger partial charge in [-0.3, -0.25) is 4.79 Å². The Morgan fingerprint density at radius 2 is 1.90 bits per heavy atom. The van der Waals surface area contributed by atoms with Crippen LogP contribution < -0.4 is 14.8 Å². The van der Waals surface area contributed by atoms with Crippen molar-refractivity contribution in [1.82, 2.24) is 20.2 Å². The van der Waals surface area contributed by atoms with Gasteiger partial charge in [-0.05, 0) is 49.1 Å². The van der Waals surface area contributed by atoms with Crippen LogP contribution in [-0.4, -0.2) is 75.9 Å². The molecule has 40 heavy (non-hydrogen) atoms. The molecule has 11 nitrogen and oxygen atoms in total. The Balaban J connectivity index is 1.48. The first-order valence-corrected chi connectivity index (χ1v) is 14.0. The van der Waals surface area contributed by atoms with Crippen molar-refractivity contribution in [1.29, 1.82) is 0 Å². The van der Waals surface area contributed by atoms with Crippen molar-refractivity contribution >= 4 is 29.0 Å². The molecule has 1 aliphatic carbocycles. The largest absolute Gasteiger partial charge is 0.497 e. The second-order valence-electron chi connectivity index (χ2n) is 12.1. The first-order valence-electron chi connectivity index (χ1n) is 14.0. The number of amides is 2. The molecule has 2 fully saturated rings. The summed E-state index contributed by atoms with van der Waals surface area (Å²) in [5, 5.41) is 12.7. The van der Waals surface area contributed by atoms with Gasteiger partial charge < -0.3 is 29.5 Å². The number of aryl methyl sites for hydroxylation is 1. The lowest BCUT2D eigenvalue weighted by molar-refractivity contribution is -0.150. The van der Waals surface area contributed by atoms with E-state index in [1.807, 2.05) is 32.9 Å². The van der Waals surface area contributed by atoms with Crippen LogP contribution in [0.4, 0.5) is 4.79 Å². The molecule has 5 rings (SSSR count). The molecular formula is C29H38N4O7. The minimum absolute atomic E-state index is 0.0427. The number of hydrogen-bond acceptors (Lipinski definition) is 8. The molecule has 1 aromatic carbocycles. The highest BCUT2D eigenvalue weighted by Gasteiger charge is 2.47. The van der Waals surface area contributed by atoms with Crippen molar-refractivity contribution < 1.29 is 33.7 Å². The highest BCUT2D eigenvalue weighted by molar-refractivity contribution is 5.90. The molecule has 2 aromatic rings. The number of carbonyl (C=O) groups is 3. The summed E-state index contributed by atoms with van der Waals surface area (Å²) in [4.78, 5) is 49.7. The van der Waals surface area contributed by atoms with Crippen LogP contribution in [0.3, 0.4) is 0 Å². The van der Waals surface area contributed by atoms with Crippen molar-refractivity contribution in [3.8, 4) is 11.6 Å². The number of nitrogens with zero attached hydrogens (tertiary/aromatic N) is 3. The number of ether oxygens (including phenoxy) is 3. The van der Waals surface area contributed by atoms with Gasteiger partial charge in [0.25, 0.3) is 0 Å². The summed E-state index contributed by atoms with van der Waals surface area (Å²) < 4.78 is 17.3. The van der Waals surface area contributed by atoms with Crippen LogP contribution in [0.2, 0.25) is 0 Å². The molecule has 5 atom stereocenters. The fourth-order valence-electron chi connectivity index (χ4n) is 5.60. The van der Waals surface area contributed by atoms with E-state index >= 15 is 0 Å². The molecular weight excluding hydrogens is 516 g/mol. The third-order valence-corrected chi connectivity index (χ3v) is 8.00. The normalized spacial score (nSPS) is 27.8. The highest BCUT2D eigenvalue weighted by atomic mass is 16.6. The molecule has 2 aliphatic heterocycles. The zero-order valence-corrected chi connectivity index (χ0v) is 23.5. The average molecular weight is 555 g/mol. The van der Waals surface area contributed by atoms with E-state index in [1.54, 1.807) is 13.2 Å². The van der Waals surface area contributed by atoms with Crippen LogP contribution in [-0.2, 0) is 20.7 Å². The maximum Gasteiger partial charge on any atom is 0.408 e. The molecule has 0 spiro atoms. The Labute approximate surface area is 233 Å². The van der Waals surface area contributed by atoms with E-state index in [4.69, 9.17) is 24.2 Å². The van der Waals surface area contributed by atoms with E-state index in [1.165, 1.54) is 4.90 Å². The van der Waals surface area contributed by atoms with Crippen molar-refractivity contribution in [3.63, 3.8) is 0 Å². The Morgan fingerprint density at radius 1 is 1.10 bits per heavy atom. The molecule has 11 heteroatoms. The SMILES string of the molecule is COc1ccc2nc3c(nc2c1)OC1CC(C(=O)O)N(C1)C(=O)[C@H](C(C)(C)C)NC(=O)O[C@@H]1C[C@H]1CCCCC3. The second kappa shape index (κ2) is 11.1. The summed E-state index contributed by atoms with van der Waals surface area (Å²) in [6.45, 7) is 5.52. The molecule has 2 amide bonds. The van der Waals surface area contributed by atoms with Gasteiger partial charge in [0.2, 0.25) is 11.8 Å². The van der Waals surface area contributed by atoms with Gasteiger partial charge in [-0.1, -0.05) is 33.6 Å². The standard InChI is InChI=1S/C29H38N4O7/c1-29(2,3)24-26(34)33-15-18(14-22(33)27(35)36)39-25-20(30-19-11-10-17(38-4)13-21(19)31-25)9-7-5-6-8-16-12-23(16)40-28(37)32-24/h10-11,13,16,18,22-24H,5-9,12,14-15H2,1-4H3,(H,32,37)(H,35,36)/t16-,18?,22?,23-,24-/m1/s1. The number of carboxylic acids is 1. The van der Waals surface area contributed by atoms with Crippen LogP contribution >= 0.6 is 0 Å². The summed E-state index contributed by atoms with van der Waals surface area (Å²) >= 11 is 0. The molecule has 2 N–H and O–H groups in total. The van der Waals surface area contributed by atoms with Crippen molar-refractivity contribution in [3.05, 3.63) is 23.9 Å². The minimum atomic E-state index is -1.13. The summed E-state index contributed by atoms with van der Waals surface area (Å²) in [5.41, 5.74) is 1.36. The van der Waals surface area contributed by atoms with Crippen LogP contribution in [0.15, 0.2) is 18.2 Å². The van der Waals surface area contributed by atoms with Gasteiger partial charge in [0, 0.05) is 12.5 Å². The van der Waals surface area contributed by atoms with Gasteiger partial charge >= 0.3 is 12.1 Å². The lowest BCUT2D eigenvalue weighted by Gasteiger charge is -2.34. The van der Waals surface area contributed by atoms with Crippen molar-refractivity contribution in [2.24, 2.45) is 11.3 Å². The second-order valence-corrected chi connectivity index (χ2v) is 12.1. The predicted molar refractivity (Wildman–Crippen MR) is 145 cm³/mol.